The Balaban J connectivity index is 1.27. The Morgan fingerprint density at radius 1 is 0.839 bits per heavy atom. The summed E-state index contributed by atoms with van der Waals surface area (Å²) in [6, 6.07) is 7.61. The van der Waals surface area contributed by atoms with Gasteiger partial charge >= 0.3 is 6.01 Å². The highest BCUT2D eigenvalue weighted by molar-refractivity contribution is 6.54. The zero-order valence-electron chi connectivity index (χ0n) is 18.9. The molecule has 6 nitrogen and oxygen atoms in total. The standard InChI is InChI=1S/C25H36N4O2/c1-2-3-4-5-6-7-8-9-10-11-12-13-14-19-22-28-29-25(31-22)27-23-20-17-15-16-18-21(20)26-24(23)30/h15-18H,2-14,19H2,1H3,(H,26,27,29,30). The largest absolute Gasteiger partial charge is 0.407 e. The Hall–Kier alpha value is -2.50. The zero-order chi connectivity index (χ0) is 21.7. The van der Waals surface area contributed by atoms with E-state index in [-0.39, 0.29) is 11.9 Å². The maximum atomic E-state index is 12.1. The number of rotatable bonds is 15. The SMILES string of the molecule is CCCCCCCCCCCCCCCc1nnc(/N=C2\C(=O)Nc3ccccc32)o1. The van der Waals surface area contributed by atoms with Crippen LogP contribution in [0.1, 0.15) is 102 Å². The molecule has 2 heterocycles. The van der Waals surface area contributed by atoms with Crippen molar-refractivity contribution in [2.75, 3.05) is 5.32 Å². The first kappa shape index (κ1) is 23.2. The lowest BCUT2D eigenvalue weighted by molar-refractivity contribution is -0.110. The van der Waals surface area contributed by atoms with Crippen molar-refractivity contribution in [3.8, 4) is 0 Å². The molecular formula is C25H36N4O2. The minimum Gasteiger partial charge on any atom is -0.407 e. The topological polar surface area (TPSA) is 80.4 Å². The number of amides is 1. The number of para-hydroxylation sites is 1. The zero-order valence-corrected chi connectivity index (χ0v) is 18.9. The van der Waals surface area contributed by atoms with E-state index < -0.39 is 0 Å². The number of unbranched alkanes of at least 4 members (excludes halogenated alkanes) is 12. The maximum absolute atomic E-state index is 12.1. The number of anilines is 1. The molecular weight excluding hydrogens is 388 g/mol. The Morgan fingerprint density at radius 2 is 1.45 bits per heavy atom. The fraction of sp³-hybridized carbons (Fsp3) is 0.600. The first-order chi connectivity index (χ1) is 15.3. The van der Waals surface area contributed by atoms with Crippen LogP contribution >= 0.6 is 0 Å². The van der Waals surface area contributed by atoms with Gasteiger partial charge in [0.15, 0.2) is 0 Å². The first-order valence-corrected chi connectivity index (χ1v) is 12.1. The monoisotopic (exact) mass is 424 g/mol. The molecule has 2 aromatic rings. The Labute approximate surface area is 185 Å². The second-order valence-corrected chi connectivity index (χ2v) is 8.43. The van der Waals surface area contributed by atoms with Gasteiger partial charge < -0.3 is 9.73 Å². The smallest absolute Gasteiger partial charge is 0.343 e. The lowest BCUT2D eigenvalue weighted by Gasteiger charge is -2.02. The summed E-state index contributed by atoms with van der Waals surface area (Å²) in [5.74, 6) is 0.353. The van der Waals surface area contributed by atoms with Crippen LogP contribution in [-0.4, -0.2) is 21.8 Å². The molecule has 0 radical (unpaired) electrons. The van der Waals surface area contributed by atoms with Crippen LogP contribution in [0, 0.1) is 0 Å². The molecule has 31 heavy (non-hydrogen) atoms. The van der Waals surface area contributed by atoms with Gasteiger partial charge in [0.2, 0.25) is 5.89 Å². The van der Waals surface area contributed by atoms with Crippen LogP contribution in [0.5, 0.6) is 0 Å². The number of nitrogens with zero attached hydrogens (tertiary/aromatic N) is 3. The van der Waals surface area contributed by atoms with Crippen molar-refractivity contribution in [2.24, 2.45) is 4.99 Å². The summed E-state index contributed by atoms with van der Waals surface area (Å²) in [6.45, 7) is 2.27. The third-order valence-corrected chi connectivity index (χ3v) is 5.80. The van der Waals surface area contributed by atoms with E-state index in [2.05, 4.69) is 27.4 Å². The third kappa shape index (κ3) is 7.60. The number of fused-ring (bicyclic) bond motifs is 1. The highest BCUT2D eigenvalue weighted by Gasteiger charge is 2.26. The number of benzene rings is 1. The first-order valence-electron chi connectivity index (χ1n) is 12.1. The van der Waals surface area contributed by atoms with Gasteiger partial charge in [-0.2, -0.15) is 4.99 Å². The second kappa shape index (κ2) is 13.0. The minimum atomic E-state index is -0.238. The molecule has 0 saturated heterocycles. The van der Waals surface area contributed by atoms with Crippen molar-refractivity contribution in [1.29, 1.82) is 0 Å². The number of aryl methyl sites for hydroxylation is 1. The van der Waals surface area contributed by atoms with Gasteiger partial charge in [-0.25, -0.2) is 0 Å². The number of aliphatic imine (C=N–C) groups is 1. The van der Waals surface area contributed by atoms with Gasteiger partial charge in [0.05, 0.1) is 5.69 Å². The fourth-order valence-electron chi connectivity index (χ4n) is 3.99. The molecule has 6 heteroatoms. The molecule has 0 spiro atoms. The van der Waals surface area contributed by atoms with Gasteiger partial charge in [-0.1, -0.05) is 107 Å². The quantitative estimate of drug-likeness (QED) is 0.320. The molecule has 1 aliphatic rings. The van der Waals surface area contributed by atoms with E-state index in [0.29, 0.717) is 11.6 Å². The van der Waals surface area contributed by atoms with Gasteiger partial charge in [0.1, 0.15) is 5.71 Å². The van der Waals surface area contributed by atoms with Crippen LogP contribution in [0.3, 0.4) is 0 Å². The predicted octanol–water partition coefficient (Wildman–Crippen LogP) is 6.78. The molecule has 0 unspecified atom stereocenters. The van der Waals surface area contributed by atoms with Crippen molar-refractivity contribution in [2.45, 2.75) is 96.8 Å². The average Bonchev–Trinajstić information content (AvgIpc) is 3.35. The normalized spacial score (nSPS) is 14.2. The Bertz CT molecular complexity index is 844. The van der Waals surface area contributed by atoms with Crippen LogP contribution in [0.15, 0.2) is 33.7 Å². The van der Waals surface area contributed by atoms with Gasteiger partial charge in [-0.3, -0.25) is 4.79 Å². The lowest BCUT2D eigenvalue weighted by Crippen LogP contribution is -2.13. The van der Waals surface area contributed by atoms with E-state index in [4.69, 9.17) is 4.42 Å². The van der Waals surface area contributed by atoms with Crippen LogP contribution in [0.4, 0.5) is 11.7 Å². The number of hydrogen-bond acceptors (Lipinski definition) is 5. The fourth-order valence-corrected chi connectivity index (χ4v) is 3.99. The third-order valence-electron chi connectivity index (χ3n) is 5.80. The summed E-state index contributed by atoms with van der Waals surface area (Å²) in [4.78, 5) is 16.4. The summed E-state index contributed by atoms with van der Waals surface area (Å²) in [5, 5.41) is 10.9. The Morgan fingerprint density at radius 3 is 2.13 bits per heavy atom. The van der Waals surface area contributed by atoms with Gasteiger partial charge in [-0.05, 0) is 12.5 Å². The van der Waals surface area contributed by atoms with Crippen molar-refractivity contribution < 1.29 is 9.21 Å². The lowest BCUT2D eigenvalue weighted by atomic mass is 10.0. The van der Waals surface area contributed by atoms with Crippen LogP contribution in [0.25, 0.3) is 0 Å². The highest BCUT2D eigenvalue weighted by Crippen LogP contribution is 2.25. The van der Waals surface area contributed by atoms with Gasteiger partial charge in [-0.15, -0.1) is 5.10 Å². The number of hydrogen-bond donors (Lipinski definition) is 1. The van der Waals surface area contributed by atoms with Crippen LogP contribution in [0.2, 0.25) is 0 Å². The average molecular weight is 425 g/mol. The van der Waals surface area contributed by atoms with E-state index >= 15 is 0 Å². The second-order valence-electron chi connectivity index (χ2n) is 8.43. The summed E-state index contributed by atoms with van der Waals surface area (Å²) in [7, 11) is 0. The van der Waals surface area contributed by atoms with Crippen molar-refractivity contribution in [3.05, 3.63) is 35.7 Å². The predicted molar refractivity (Wildman–Crippen MR) is 125 cm³/mol. The van der Waals surface area contributed by atoms with Crippen LogP contribution in [-0.2, 0) is 11.2 Å². The molecule has 3 rings (SSSR count). The number of carbonyl (C=O) groups excluding carboxylic acids is 1. The summed E-state index contributed by atoms with van der Waals surface area (Å²) < 4.78 is 5.63. The summed E-state index contributed by atoms with van der Waals surface area (Å²) in [5.41, 5.74) is 1.86. The summed E-state index contributed by atoms with van der Waals surface area (Å²) >= 11 is 0. The molecule has 0 saturated carbocycles. The van der Waals surface area contributed by atoms with Crippen LogP contribution < -0.4 is 5.32 Å². The maximum Gasteiger partial charge on any atom is 0.343 e. The minimum absolute atomic E-state index is 0.145. The van der Waals surface area contributed by atoms with Gasteiger partial charge in [0, 0.05) is 12.0 Å². The van der Waals surface area contributed by atoms with E-state index in [1.165, 1.54) is 77.0 Å². The van der Waals surface area contributed by atoms with Crippen molar-refractivity contribution >= 4 is 23.3 Å². The highest BCUT2D eigenvalue weighted by atomic mass is 16.4. The molecule has 1 aromatic heterocycles. The van der Waals surface area contributed by atoms with E-state index in [1.54, 1.807) is 0 Å². The van der Waals surface area contributed by atoms with Crippen molar-refractivity contribution in [3.63, 3.8) is 0 Å². The number of aromatic nitrogens is 2. The molecule has 0 aliphatic carbocycles. The molecule has 1 N–H and O–H groups in total. The molecule has 168 valence electrons. The molecule has 0 bridgehead atoms. The molecule has 0 fully saturated rings. The molecule has 1 aromatic carbocycles. The number of nitrogens with one attached hydrogen (secondary N) is 1. The molecule has 1 amide bonds. The molecule has 1 aliphatic heterocycles. The van der Waals surface area contributed by atoms with Gasteiger partial charge in [0.25, 0.3) is 5.91 Å². The van der Waals surface area contributed by atoms with E-state index in [9.17, 15) is 4.79 Å². The van der Waals surface area contributed by atoms with Crippen molar-refractivity contribution in [1.82, 2.24) is 10.2 Å². The van der Waals surface area contributed by atoms with E-state index in [0.717, 1.165) is 24.1 Å². The summed E-state index contributed by atoms with van der Waals surface area (Å²) in [6.07, 6.45) is 18.0. The van der Waals surface area contributed by atoms with E-state index in [1.807, 2.05) is 24.3 Å². The Kier molecular flexibility index (Phi) is 9.74. The number of carbonyl (C=O) groups is 1. The molecule has 0 atom stereocenters.